The van der Waals surface area contributed by atoms with Crippen LogP contribution in [0, 0.1) is 10.1 Å². The summed E-state index contributed by atoms with van der Waals surface area (Å²) in [5, 5.41) is 11.0. The summed E-state index contributed by atoms with van der Waals surface area (Å²) in [4.78, 5) is 39.7. The van der Waals surface area contributed by atoms with Crippen molar-refractivity contribution in [3.05, 3.63) is 99.2 Å². The first kappa shape index (κ1) is 24.1. The van der Waals surface area contributed by atoms with E-state index in [1.807, 2.05) is 0 Å². The number of cyclic esters (lactones) is 1. The van der Waals surface area contributed by atoms with Gasteiger partial charge < -0.3 is 18.9 Å². The number of esters is 2. The summed E-state index contributed by atoms with van der Waals surface area (Å²) in [5.74, 6) is -0.526. The van der Waals surface area contributed by atoms with Crippen LogP contribution in [-0.2, 0) is 9.53 Å². The molecule has 0 saturated carbocycles. The second kappa shape index (κ2) is 10.5. The van der Waals surface area contributed by atoms with Crippen LogP contribution in [0.1, 0.15) is 28.4 Å². The number of hydrogen-bond donors (Lipinski definition) is 0. The number of nitrogens with zero attached hydrogens (tertiary/aromatic N) is 2. The van der Waals surface area contributed by atoms with Gasteiger partial charge in [-0.05, 0) is 48.9 Å². The molecule has 182 valence electrons. The highest BCUT2D eigenvalue weighted by Crippen LogP contribution is 2.32. The third-order valence-electron chi connectivity index (χ3n) is 5.02. The minimum Gasteiger partial charge on any atom is -0.496 e. The number of non-ortho nitro benzene ring substituents is 1. The van der Waals surface area contributed by atoms with E-state index < -0.39 is 16.9 Å². The molecule has 0 N–H and O–H groups in total. The van der Waals surface area contributed by atoms with Crippen molar-refractivity contribution in [2.45, 2.75) is 6.92 Å². The number of benzene rings is 3. The first-order valence-electron chi connectivity index (χ1n) is 10.8. The molecule has 36 heavy (non-hydrogen) atoms. The third kappa shape index (κ3) is 5.22. The smallest absolute Gasteiger partial charge is 0.363 e. The van der Waals surface area contributed by atoms with Gasteiger partial charge in [0, 0.05) is 17.7 Å². The first-order chi connectivity index (χ1) is 17.4. The maximum atomic E-state index is 12.7. The minimum atomic E-state index is -0.707. The number of methoxy groups -OCH3 is 1. The predicted molar refractivity (Wildman–Crippen MR) is 129 cm³/mol. The van der Waals surface area contributed by atoms with Gasteiger partial charge >= 0.3 is 11.9 Å². The first-order valence-corrected chi connectivity index (χ1v) is 10.8. The van der Waals surface area contributed by atoms with Gasteiger partial charge in [0.15, 0.2) is 17.2 Å². The molecule has 0 radical (unpaired) electrons. The number of rotatable bonds is 8. The Morgan fingerprint density at radius 3 is 2.61 bits per heavy atom. The molecule has 0 aliphatic carbocycles. The Kier molecular flexibility index (Phi) is 7.05. The van der Waals surface area contributed by atoms with E-state index in [2.05, 4.69) is 4.99 Å². The van der Waals surface area contributed by atoms with Crippen LogP contribution in [0.25, 0.3) is 6.08 Å². The summed E-state index contributed by atoms with van der Waals surface area (Å²) in [6.45, 7) is 2.08. The fraction of sp³-hybridized carbons (Fsp3) is 0.115. The average Bonchev–Trinajstić information content (AvgIpc) is 3.25. The van der Waals surface area contributed by atoms with Crippen molar-refractivity contribution in [2.75, 3.05) is 13.7 Å². The van der Waals surface area contributed by atoms with Gasteiger partial charge in [-0.15, -0.1) is 0 Å². The number of nitro groups is 1. The molecule has 0 unspecified atom stereocenters. The normalized spacial score (nSPS) is 13.7. The van der Waals surface area contributed by atoms with Gasteiger partial charge in [0.2, 0.25) is 5.90 Å². The highest BCUT2D eigenvalue weighted by atomic mass is 16.6. The maximum Gasteiger partial charge on any atom is 0.363 e. The van der Waals surface area contributed by atoms with Crippen LogP contribution in [0.5, 0.6) is 17.2 Å². The second-order valence-corrected chi connectivity index (χ2v) is 7.37. The molecule has 3 aromatic rings. The quantitative estimate of drug-likeness (QED) is 0.148. The predicted octanol–water partition coefficient (Wildman–Crippen LogP) is 4.57. The van der Waals surface area contributed by atoms with Gasteiger partial charge in [-0.1, -0.05) is 24.3 Å². The molecular weight excluding hydrogens is 468 g/mol. The number of para-hydroxylation sites is 1. The molecule has 0 amide bonds. The van der Waals surface area contributed by atoms with Crippen molar-refractivity contribution in [3.63, 3.8) is 0 Å². The lowest BCUT2D eigenvalue weighted by molar-refractivity contribution is -0.384. The molecule has 10 nitrogen and oxygen atoms in total. The molecule has 1 aliphatic heterocycles. The van der Waals surface area contributed by atoms with Crippen molar-refractivity contribution in [1.82, 2.24) is 0 Å². The van der Waals surface area contributed by atoms with Crippen LogP contribution in [0.3, 0.4) is 0 Å². The van der Waals surface area contributed by atoms with E-state index in [-0.39, 0.29) is 34.3 Å². The average molecular weight is 488 g/mol. The van der Waals surface area contributed by atoms with E-state index in [9.17, 15) is 19.7 Å². The maximum absolute atomic E-state index is 12.7. The van der Waals surface area contributed by atoms with Gasteiger partial charge in [-0.3, -0.25) is 10.1 Å². The molecule has 0 spiro atoms. The standard InChI is InChI=1S/C26H20N2O8/c1-3-34-23-14-16(11-12-22(23)35-25(29)19-9-4-5-10-21(19)33-2)13-20-26(30)36-24(27-20)17-7-6-8-18(15-17)28(31)32/h4-15H,3H2,1-2H3. The molecule has 3 aromatic carbocycles. The van der Waals surface area contributed by atoms with Crippen molar-refractivity contribution in [3.8, 4) is 17.2 Å². The minimum absolute atomic E-state index is 0.00211. The fourth-order valence-corrected chi connectivity index (χ4v) is 3.38. The number of aliphatic imine (C=N–C) groups is 1. The van der Waals surface area contributed by atoms with E-state index in [1.54, 1.807) is 49.4 Å². The highest BCUT2D eigenvalue weighted by Gasteiger charge is 2.25. The largest absolute Gasteiger partial charge is 0.496 e. The van der Waals surface area contributed by atoms with E-state index in [1.165, 1.54) is 37.5 Å². The van der Waals surface area contributed by atoms with Crippen molar-refractivity contribution < 1.29 is 33.5 Å². The summed E-state index contributed by atoms with van der Waals surface area (Å²) in [6, 6.07) is 17.1. The molecule has 0 bridgehead atoms. The summed E-state index contributed by atoms with van der Waals surface area (Å²) >= 11 is 0. The summed E-state index contributed by atoms with van der Waals surface area (Å²) in [6.07, 6.45) is 1.47. The number of nitro benzene ring substituents is 1. The molecular formula is C26H20N2O8. The Balaban J connectivity index is 1.61. The molecule has 1 heterocycles. The second-order valence-electron chi connectivity index (χ2n) is 7.37. The van der Waals surface area contributed by atoms with Crippen LogP contribution in [0.15, 0.2) is 77.4 Å². The number of carbonyl (C=O) groups is 2. The Morgan fingerprint density at radius 2 is 1.86 bits per heavy atom. The lowest BCUT2D eigenvalue weighted by Crippen LogP contribution is -2.11. The number of carbonyl (C=O) groups excluding carboxylic acids is 2. The van der Waals surface area contributed by atoms with Gasteiger partial charge in [-0.25, -0.2) is 14.6 Å². The lowest BCUT2D eigenvalue weighted by Gasteiger charge is -2.12. The zero-order chi connectivity index (χ0) is 25.7. The zero-order valence-electron chi connectivity index (χ0n) is 19.3. The van der Waals surface area contributed by atoms with Gasteiger partial charge in [0.1, 0.15) is 11.3 Å². The molecule has 4 rings (SSSR count). The van der Waals surface area contributed by atoms with Crippen molar-refractivity contribution in [1.29, 1.82) is 0 Å². The monoisotopic (exact) mass is 488 g/mol. The van der Waals surface area contributed by atoms with Gasteiger partial charge in [-0.2, -0.15) is 0 Å². The number of hydrogen-bond acceptors (Lipinski definition) is 9. The molecule has 0 fully saturated rings. The van der Waals surface area contributed by atoms with Crippen molar-refractivity contribution >= 4 is 29.6 Å². The molecule has 0 atom stereocenters. The SMILES string of the molecule is CCOc1cc(C=C2N=C(c3cccc([N+](=O)[O-])c3)OC2=O)ccc1OC(=O)c1ccccc1OC. The van der Waals surface area contributed by atoms with E-state index in [0.29, 0.717) is 23.5 Å². The van der Waals surface area contributed by atoms with Gasteiger partial charge in [0.05, 0.1) is 18.6 Å². The third-order valence-corrected chi connectivity index (χ3v) is 5.02. The summed E-state index contributed by atoms with van der Waals surface area (Å²) in [7, 11) is 1.46. The van der Waals surface area contributed by atoms with Crippen LogP contribution in [-0.4, -0.2) is 36.5 Å². The van der Waals surface area contributed by atoms with Crippen LogP contribution in [0.4, 0.5) is 5.69 Å². The van der Waals surface area contributed by atoms with E-state index >= 15 is 0 Å². The van der Waals surface area contributed by atoms with Crippen LogP contribution in [0.2, 0.25) is 0 Å². The Morgan fingerprint density at radius 1 is 1.06 bits per heavy atom. The van der Waals surface area contributed by atoms with E-state index in [4.69, 9.17) is 18.9 Å². The zero-order valence-corrected chi connectivity index (χ0v) is 19.3. The molecule has 0 saturated heterocycles. The van der Waals surface area contributed by atoms with Crippen LogP contribution >= 0.6 is 0 Å². The van der Waals surface area contributed by atoms with Gasteiger partial charge in [0.25, 0.3) is 5.69 Å². The fourth-order valence-electron chi connectivity index (χ4n) is 3.38. The Bertz CT molecular complexity index is 1410. The van der Waals surface area contributed by atoms with Crippen LogP contribution < -0.4 is 14.2 Å². The molecule has 0 aromatic heterocycles. The summed E-state index contributed by atoms with van der Waals surface area (Å²) in [5.41, 5.74) is 0.937. The highest BCUT2D eigenvalue weighted by molar-refractivity contribution is 6.13. The Hall–Kier alpha value is -4.99. The topological polar surface area (TPSA) is 127 Å². The Labute approximate surface area is 205 Å². The molecule has 1 aliphatic rings. The van der Waals surface area contributed by atoms with Crippen molar-refractivity contribution in [2.24, 2.45) is 4.99 Å². The number of ether oxygens (including phenoxy) is 4. The molecule has 10 heteroatoms. The van der Waals surface area contributed by atoms with E-state index in [0.717, 1.165) is 0 Å². The lowest BCUT2D eigenvalue weighted by atomic mass is 10.1. The summed E-state index contributed by atoms with van der Waals surface area (Å²) < 4.78 is 21.6.